The lowest BCUT2D eigenvalue weighted by atomic mass is 10.1. The Morgan fingerprint density at radius 2 is 2.50 bits per heavy atom. The summed E-state index contributed by atoms with van der Waals surface area (Å²) in [5.41, 5.74) is 0. The number of nitrogens with one attached hydrogen (secondary N) is 1. The van der Waals surface area contributed by atoms with E-state index in [2.05, 4.69) is 5.32 Å². The van der Waals surface area contributed by atoms with Crippen molar-refractivity contribution in [3.8, 4) is 0 Å². The molecule has 2 atom stereocenters. The molecule has 0 aromatic heterocycles. The van der Waals surface area contributed by atoms with Crippen LogP contribution >= 0.6 is 0 Å². The van der Waals surface area contributed by atoms with Crippen molar-refractivity contribution in [2.45, 2.75) is 25.0 Å². The van der Waals surface area contributed by atoms with E-state index in [4.69, 9.17) is 10.2 Å². The minimum Gasteiger partial charge on any atom is -0.394 e. The lowest BCUT2D eigenvalue weighted by Crippen LogP contribution is -2.38. The first kappa shape index (κ1) is 7.50. The normalized spacial score (nSPS) is 28.2. The van der Waals surface area contributed by atoms with Crippen LogP contribution < -0.4 is 5.32 Å². The largest absolute Gasteiger partial charge is 0.394 e. The highest BCUT2D eigenvalue weighted by molar-refractivity contribution is 5.78. The zero-order chi connectivity index (χ0) is 7.56. The van der Waals surface area contributed by atoms with E-state index in [9.17, 15) is 4.79 Å². The van der Waals surface area contributed by atoms with Gasteiger partial charge in [-0.2, -0.15) is 0 Å². The molecule has 1 heterocycles. The number of hydrogen-bond acceptors (Lipinski definition) is 3. The van der Waals surface area contributed by atoms with Crippen LogP contribution in [0.2, 0.25) is 0 Å². The van der Waals surface area contributed by atoms with Crippen LogP contribution in [0.25, 0.3) is 0 Å². The van der Waals surface area contributed by atoms with E-state index < -0.39 is 6.10 Å². The summed E-state index contributed by atoms with van der Waals surface area (Å²) in [7, 11) is 0. The maximum atomic E-state index is 10.6. The van der Waals surface area contributed by atoms with Crippen molar-refractivity contribution >= 4 is 5.91 Å². The Bertz CT molecular complexity index is 137. The molecule has 0 aromatic rings. The van der Waals surface area contributed by atoms with Gasteiger partial charge in [-0.25, -0.2) is 0 Å². The van der Waals surface area contributed by atoms with E-state index in [1.54, 1.807) is 0 Å². The van der Waals surface area contributed by atoms with Crippen molar-refractivity contribution in [2.75, 3.05) is 6.61 Å². The van der Waals surface area contributed by atoms with Gasteiger partial charge in [-0.3, -0.25) is 4.79 Å². The number of carbonyl (C=O) groups is 1. The summed E-state index contributed by atoms with van der Waals surface area (Å²) in [4.78, 5) is 10.6. The Hall–Kier alpha value is -0.610. The zero-order valence-corrected chi connectivity index (χ0v) is 5.58. The second-order valence-electron chi connectivity index (χ2n) is 2.46. The van der Waals surface area contributed by atoms with Crippen LogP contribution in [0.15, 0.2) is 0 Å². The highest BCUT2D eigenvalue weighted by Crippen LogP contribution is 2.09. The van der Waals surface area contributed by atoms with Crippen LogP contribution in [0, 0.1) is 0 Å². The molecule has 0 radical (unpaired) electrons. The lowest BCUT2D eigenvalue weighted by Gasteiger charge is -2.14. The second-order valence-corrected chi connectivity index (χ2v) is 2.46. The van der Waals surface area contributed by atoms with E-state index in [0.29, 0.717) is 12.8 Å². The molecule has 0 saturated carbocycles. The molecule has 0 spiro atoms. The molecule has 0 bridgehead atoms. The first-order valence-electron chi connectivity index (χ1n) is 3.32. The van der Waals surface area contributed by atoms with Gasteiger partial charge in [0.05, 0.1) is 18.8 Å². The van der Waals surface area contributed by atoms with Gasteiger partial charge in [-0.05, 0) is 6.42 Å². The number of aliphatic hydroxyl groups is 2. The Labute approximate surface area is 58.9 Å². The first-order chi connectivity index (χ1) is 4.74. The van der Waals surface area contributed by atoms with Crippen molar-refractivity contribution in [1.82, 2.24) is 5.32 Å². The van der Waals surface area contributed by atoms with Gasteiger partial charge in [-0.15, -0.1) is 0 Å². The Morgan fingerprint density at radius 3 is 2.90 bits per heavy atom. The summed E-state index contributed by atoms with van der Waals surface area (Å²) < 4.78 is 0. The number of amides is 1. The Morgan fingerprint density at radius 1 is 1.80 bits per heavy atom. The summed E-state index contributed by atoms with van der Waals surface area (Å²) >= 11 is 0. The monoisotopic (exact) mass is 145 g/mol. The topological polar surface area (TPSA) is 69.6 Å². The molecule has 0 aromatic carbocycles. The van der Waals surface area contributed by atoms with Gasteiger partial charge in [-0.1, -0.05) is 0 Å². The number of rotatable bonds is 2. The summed E-state index contributed by atoms with van der Waals surface area (Å²) in [5, 5.41) is 20.0. The maximum absolute atomic E-state index is 10.6. The molecule has 4 heteroatoms. The van der Waals surface area contributed by atoms with Crippen LogP contribution in [-0.4, -0.2) is 34.9 Å². The second kappa shape index (κ2) is 2.98. The van der Waals surface area contributed by atoms with E-state index in [1.165, 1.54) is 0 Å². The standard InChI is InChI=1S/C6H11NO3/c8-3-5(9)4-1-2-6(10)7-4/h4-5,8-9H,1-3H2,(H,7,10)/t4-,5-/m1/s1. The van der Waals surface area contributed by atoms with Gasteiger partial charge in [0.15, 0.2) is 0 Å². The van der Waals surface area contributed by atoms with Crippen LogP contribution in [0.5, 0.6) is 0 Å². The average Bonchev–Trinajstić information content (AvgIpc) is 2.34. The molecule has 1 rings (SSSR count). The number of carbonyl (C=O) groups excluding carboxylic acids is 1. The molecule has 4 nitrogen and oxygen atoms in total. The van der Waals surface area contributed by atoms with Gasteiger partial charge in [0.25, 0.3) is 0 Å². The molecular weight excluding hydrogens is 134 g/mol. The van der Waals surface area contributed by atoms with Crippen LogP contribution in [0.3, 0.4) is 0 Å². The van der Waals surface area contributed by atoms with Crippen molar-refractivity contribution in [2.24, 2.45) is 0 Å². The molecule has 58 valence electrons. The molecule has 0 aliphatic carbocycles. The summed E-state index contributed by atoms with van der Waals surface area (Å²) in [5.74, 6) is -0.0440. The molecular formula is C6H11NO3. The minimum absolute atomic E-state index is 0.0440. The first-order valence-corrected chi connectivity index (χ1v) is 3.32. The predicted octanol–water partition coefficient (Wildman–Crippen LogP) is -1.38. The summed E-state index contributed by atoms with van der Waals surface area (Å²) in [6, 6.07) is -0.238. The molecule has 0 unspecified atom stereocenters. The number of aliphatic hydroxyl groups excluding tert-OH is 2. The molecule has 3 N–H and O–H groups in total. The smallest absolute Gasteiger partial charge is 0.220 e. The molecule has 1 fully saturated rings. The van der Waals surface area contributed by atoms with Crippen molar-refractivity contribution in [3.05, 3.63) is 0 Å². The zero-order valence-electron chi connectivity index (χ0n) is 5.58. The SMILES string of the molecule is O=C1CC[C@H]([C@H](O)CO)N1. The van der Waals surface area contributed by atoms with Gasteiger partial charge in [0.2, 0.25) is 5.91 Å². The Kier molecular flexibility index (Phi) is 2.24. The predicted molar refractivity (Wildman–Crippen MR) is 34.3 cm³/mol. The summed E-state index contributed by atoms with van der Waals surface area (Å²) in [6.45, 7) is -0.287. The van der Waals surface area contributed by atoms with Crippen molar-refractivity contribution in [1.29, 1.82) is 0 Å². The van der Waals surface area contributed by atoms with Gasteiger partial charge < -0.3 is 15.5 Å². The highest BCUT2D eigenvalue weighted by atomic mass is 16.3. The number of hydrogen-bond donors (Lipinski definition) is 3. The summed E-state index contributed by atoms with van der Waals surface area (Å²) in [6.07, 6.45) is 0.286. The molecule has 10 heavy (non-hydrogen) atoms. The Balaban J connectivity index is 2.36. The van der Waals surface area contributed by atoms with E-state index in [1.807, 2.05) is 0 Å². The molecule has 1 aliphatic heterocycles. The van der Waals surface area contributed by atoms with Crippen molar-refractivity contribution in [3.63, 3.8) is 0 Å². The van der Waals surface area contributed by atoms with E-state index in [0.717, 1.165) is 0 Å². The lowest BCUT2D eigenvalue weighted by molar-refractivity contribution is -0.119. The maximum Gasteiger partial charge on any atom is 0.220 e. The minimum atomic E-state index is -0.800. The van der Waals surface area contributed by atoms with Crippen LogP contribution in [0.4, 0.5) is 0 Å². The van der Waals surface area contributed by atoms with E-state index in [-0.39, 0.29) is 18.6 Å². The third-order valence-electron chi connectivity index (χ3n) is 1.68. The van der Waals surface area contributed by atoms with Crippen LogP contribution in [-0.2, 0) is 4.79 Å². The third-order valence-corrected chi connectivity index (χ3v) is 1.68. The third kappa shape index (κ3) is 1.46. The molecule has 1 aliphatic rings. The highest BCUT2D eigenvalue weighted by Gasteiger charge is 2.26. The fraction of sp³-hybridized carbons (Fsp3) is 0.833. The quantitative estimate of drug-likeness (QED) is 0.448. The fourth-order valence-electron chi connectivity index (χ4n) is 1.05. The van der Waals surface area contributed by atoms with Crippen molar-refractivity contribution < 1.29 is 15.0 Å². The molecule has 1 amide bonds. The van der Waals surface area contributed by atoms with Gasteiger partial charge in [0, 0.05) is 6.42 Å². The fourth-order valence-corrected chi connectivity index (χ4v) is 1.05. The van der Waals surface area contributed by atoms with Crippen LogP contribution in [0.1, 0.15) is 12.8 Å². The van der Waals surface area contributed by atoms with E-state index >= 15 is 0 Å². The van der Waals surface area contributed by atoms with Gasteiger partial charge >= 0.3 is 0 Å². The molecule has 1 saturated heterocycles. The van der Waals surface area contributed by atoms with Gasteiger partial charge in [0.1, 0.15) is 0 Å². The average molecular weight is 145 g/mol.